The first-order chi connectivity index (χ1) is 10.2. The van der Waals surface area contributed by atoms with Crippen LogP contribution in [-0.4, -0.2) is 32.4 Å². The quantitative estimate of drug-likeness (QED) is 0.930. The van der Waals surface area contributed by atoms with E-state index >= 15 is 0 Å². The van der Waals surface area contributed by atoms with Crippen LogP contribution in [0.4, 0.5) is 5.69 Å². The number of carbonyl (C=O) groups is 1. The Kier molecular flexibility index (Phi) is 3.60. The first-order valence-corrected chi connectivity index (χ1v) is 7.17. The number of carboxylic acid groups (broad SMARTS) is 1. The lowest BCUT2D eigenvalue weighted by molar-refractivity contribution is 0.0697. The lowest BCUT2D eigenvalue weighted by atomic mass is 9.99. The van der Waals surface area contributed by atoms with Crippen molar-refractivity contribution >= 4 is 11.7 Å². The summed E-state index contributed by atoms with van der Waals surface area (Å²) in [5, 5.41) is 13.3. The minimum Gasteiger partial charge on any atom is -0.478 e. The first kappa shape index (κ1) is 13.6. The largest absolute Gasteiger partial charge is 0.478 e. The van der Waals surface area contributed by atoms with Gasteiger partial charge in [-0.05, 0) is 43.5 Å². The van der Waals surface area contributed by atoms with Crippen molar-refractivity contribution in [2.45, 2.75) is 32.9 Å². The summed E-state index contributed by atoms with van der Waals surface area (Å²) in [5.74, 6) is 0.0633. The Hall–Kier alpha value is -2.37. The van der Waals surface area contributed by atoms with Gasteiger partial charge in [0.1, 0.15) is 12.2 Å². The second-order valence-corrected chi connectivity index (χ2v) is 5.17. The molecule has 0 saturated carbocycles. The highest BCUT2D eigenvalue weighted by molar-refractivity contribution is 5.88. The van der Waals surface area contributed by atoms with E-state index in [0.717, 1.165) is 43.0 Å². The van der Waals surface area contributed by atoms with E-state index in [4.69, 9.17) is 5.11 Å². The second kappa shape index (κ2) is 5.55. The molecule has 0 amide bonds. The Labute approximate surface area is 123 Å². The fourth-order valence-corrected chi connectivity index (χ4v) is 2.82. The molecule has 1 aromatic heterocycles. The molecule has 0 atom stereocenters. The molecule has 110 valence electrons. The number of hydrogen-bond acceptors (Lipinski definition) is 4. The zero-order valence-electron chi connectivity index (χ0n) is 12.0. The van der Waals surface area contributed by atoms with Crippen molar-refractivity contribution in [3.8, 4) is 0 Å². The van der Waals surface area contributed by atoms with E-state index in [1.807, 2.05) is 17.7 Å². The molecule has 1 aromatic carbocycles. The van der Waals surface area contributed by atoms with Crippen molar-refractivity contribution in [1.82, 2.24) is 14.8 Å². The fraction of sp³-hybridized carbons (Fsp3) is 0.400. The number of aromatic carboxylic acids is 1. The number of aromatic nitrogens is 3. The van der Waals surface area contributed by atoms with Gasteiger partial charge in [-0.15, -0.1) is 0 Å². The summed E-state index contributed by atoms with van der Waals surface area (Å²) in [4.78, 5) is 17.6. The van der Waals surface area contributed by atoms with Crippen molar-refractivity contribution in [2.24, 2.45) is 0 Å². The van der Waals surface area contributed by atoms with Gasteiger partial charge in [0.05, 0.1) is 12.1 Å². The molecule has 0 fully saturated rings. The van der Waals surface area contributed by atoms with Crippen LogP contribution < -0.4 is 4.90 Å². The number of aryl methyl sites for hydroxylation is 2. The maximum Gasteiger partial charge on any atom is 0.335 e. The molecule has 21 heavy (non-hydrogen) atoms. The van der Waals surface area contributed by atoms with E-state index in [0.29, 0.717) is 12.1 Å². The van der Waals surface area contributed by atoms with E-state index in [2.05, 4.69) is 15.0 Å². The highest BCUT2D eigenvalue weighted by Crippen LogP contribution is 2.29. The number of anilines is 1. The van der Waals surface area contributed by atoms with Crippen LogP contribution in [0.2, 0.25) is 0 Å². The fourth-order valence-electron chi connectivity index (χ4n) is 2.82. The van der Waals surface area contributed by atoms with Crippen LogP contribution in [0.3, 0.4) is 0 Å². The van der Waals surface area contributed by atoms with Crippen LogP contribution in [0.5, 0.6) is 0 Å². The molecule has 6 heteroatoms. The molecule has 0 bridgehead atoms. The van der Waals surface area contributed by atoms with Crippen molar-refractivity contribution in [1.29, 1.82) is 0 Å². The molecule has 0 spiro atoms. The van der Waals surface area contributed by atoms with Crippen molar-refractivity contribution in [2.75, 3.05) is 11.4 Å². The van der Waals surface area contributed by atoms with Crippen LogP contribution >= 0.6 is 0 Å². The lowest BCUT2D eigenvalue weighted by Gasteiger charge is -2.31. The smallest absolute Gasteiger partial charge is 0.335 e. The SMILES string of the molecule is CCn1ncnc1CN1CCCc2cc(C(=O)O)ccc21. The third kappa shape index (κ3) is 2.61. The predicted octanol–water partition coefficient (Wildman–Crippen LogP) is 1.95. The van der Waals surface area contributed by atoms with Gasteiger partial charge >= 0.3 is 5.97 Å². The van der Waals surface area contributed by atoms with E-state index in [1.54, 1.807) is 18.5 Å². The van der Waals surface area contributed by atoms with E-state index in [9.17, 15) is 4.79 Å². The summed E-state index contributed by atoms with van der Waals surface area (Å²) in [6, 6.07) is 5.36. The molecule has 1 aliphatic heterocycles. The summed E-state index contributed by atoms with van der Waals surface area (Å²) in [6.45, 7) is 4.50. The second-order valence-electron chi connectivity index (χ2n) is 5.17. The van der Waals surface area contributed by atoms with Gasteiger partial charge in [0.25, 0.3) is 0 Å². The minimum absolute atomic E-state index is 0.354. The molecule has 1 N–H and O–H groups in total. The molecule has 2 aromatic rings. The van der Waals surface area contributed by atoms with Gasteiger partial charge in [-0.2, -0.15) is 5.10 Å². The molecule has 0 unspecified atom stereocenters. The van der Waals surface area contributed by atoms with E-state index in [-0.39, 0.29) is 0 Å². The highest BCUT2D eigenvalue weighted by Gasteiger charge is 2.20. The summed E-state index contributed by atoms with van der Waals surface area (Å²) >= 11 is 0. The van der Waals surface area contributed by atoms with Crippen LogP contribution in [0, 0.1) is 0 Å². The van der Waals surface area contributed by atoms with Crippen LogP contribution in [0.25, 0.3) is 0 Å². The predicted molar refractivity (Wildman–Crippen MR) is 78.5 cm³/mol. The Morgan fingerprint density at radius 1 is 1.43 bits per heavy atom. The van der Waals surface area contributed by atoms with Gasteiger partial charge in [-0.3, -0.25) is 0 Å². The Bertz CT molecular complexity index is 665. The molecule has 2 heterocycles. The molecule has 6 nitrogen and oxygen atoms in total. The van der Waals surface area contributed by atoms with Crippen LogP contribution in [0.15, 0.2) is 24.5 Å². The molecule has 0 saturated heterocycles. The highest BCUT2D eigenvalue weighted by atomic mass is 16.4. The van der Waals surface area contributed by atoms with Crippen LogP contribution in [0.1, 0.15) is 35.1 Å². The minimum atomic E-state index is -0.874. The molecular weight excluding hydrogens is 268 g/mol. The summed E-state index contributed by atoms with van der Waals surface area (Å²) in [6.07, 6.45) is 3.53. The van der Waals surface area contributed by atoms with Crippen molar-refractivity contribution in [3.63, 3.8) is 0 Å². The van der Waals surface area contributed by atoms with Gasteiger partial charge in [0.2, 0.25) is 0 Å². The standard InChI is InChI=1S/C15H18N4O2/c1-2-19-14(16-10-17-19)9-18-7-3-4-11-8-12(15(20)21)5-6-13(11)18/h5-6,8,10H,2-4,7,9H2,1H3,(H,20,21). The van der Waals surface area contributed by atoms with Crippen LogP contribution in [-0.2, 0) is 19.5 Å². The number of hydrogen-bond donors (Lipinski definition) is 1. The molecule has 0 radical (unpaired) electrons. The Morgan fingerprint density at radius 3 is 3.05 bits per heavy atom. The van der Waals surface area contributed by atoms with Crippen molar-refractivity contribution in [3.05, 3.63) is 41.5 Å². The number of nitrogens with zero attached hydrogens (tertiary/aromatic N) is 4. The van der Waals surface area contributed by atoms with Crippen molar-refractivity contribution < 1.29 is 9.90 Å². The zero-order chi connectivity index (χ0) is 14.8. The lowest BCUT2D eigenvalue weighted by Crippen LogP contribution is -2.30. The zero-order valence-corrected chi connectivity index (χ0v) is 12.0. The topological polar surface area (TPSA) is 71.2 Å². The van der Waals surface area contributed by atoms with Gasteiger partial charge in [0, 0.05) is 18.8 Å². The molecule has 0 aliphatic carbocycles. The Morgan fingerprint density at radius 2 is 2.29 bits per heavy atom. The van der Waals surface area contributed by atoms with E-state index < -0.39 is 5.97 Å². The monoisotopic (exact) mass is 286 g/mol. The van der Waals surface area contributed by atoms with Gasteiger partial charge in [-0.1, -0.05) is 0 Å². The number of rotatable bonds is 4. The molecule has 1 aliphatic rings. The third-order valence-electron chi connectivity index (χ3n) is 3.87. The summed E-state index contributed by atoms with van der Waals surface area (Å²) in [7, 11) is 0. The normalized spacial score (nSPS) is 14.0. The number of benzene rings is 1. The average Bonchev–Trinajstić information content (AvgIpc) is 2.94. The summed E-state index contributed by atoms with van der Waals surface area (Å²) < 4.78 is 1.89. The molecule has 3 rings (SSSR count). The maximum absolute atomic E-state index is 11.1. The number of carboxylic acids is 1. The first-order valence-electron chi connectivity index (χ1n) is 7.17. The number of fused-ring (bicyclic) bond motifs is 1. The van der Waals surface area contributed by atoms with E-state index in [1.165, 1.54) is 0 Å². The maximum atomic E-state index is 11.1. The van der Waals surface area contributed by atoms with Gasteiger partial charge < -0.3 is 10.0 Å². The van der Waals surface area contributed by atoms with Gasteiger partial charge in [-0.25, -0.2) is 14.5 Å². The average molecular weight is 286 g/mol. The summed E-state index contributed by atoms with van der Waals surface area (Å²) in [5.41, 5.74) is 2.56. The Balaban J connectivity index is 1.88. The van der Waals surface area contributed by atoms with Gasteiger partial charge in [0.15, 0.2) is 0 Å². The molecular formula is C15H18N4O2. The third-order valence-corrected chi connectivity index (χ3v) is 3.87.